The Hall–Kier alpha value is -0.620. The van der Waals surface area contributed by atoms with E-state index in [4.69, 9.17) is 0 Å². The summed E-state index contributed by atoms with van der Waals surface area (Å²) in [6.07, 6.45) is 1.43. The molecule has 0 aliphatic heterocycles. The van der Waals surface area contributed by atoms with E-state index in [0.29, 0.717) is 6.42 Å². The maximum atomic E-state index is 11.4. The second kappa shape index (κ2) is 6.79. The molecule has 0 unspecified atom stereocenters. The third kappa shape index (κ3) is 5.13. The Morgan fingerprint density at radius 3 is 2.60 bits per heavy atom. The number of hydrogen-bond acceptors (Lipinski definition) is 2. The molecule has 0 fully saturated rings. The van der Waals surface area contributed by atoms with Gasteiger partial charge in [0, 0.05) is 15.7 Å². The molecule has 2 N–H and O–H groups in total. The Morgan fingerprint density at radius 2 is 2.00 bits per heavy atom. The highest BCUT2D eigenvalue weighted by Crippen LogP contribution is 2.11. The molecule has 0 spiro atoms. The number of hydrogen-bond donors (Lipinski definition) is 2. The quantitative estimate of drug-likeness (QED) is 0.646. The van der Waals surface area contributed by atoms with Gasteiger partial charge < -0.3 is 10.6 Å². The van der Waals surface area contributed by atoms with Crippen LogP contribution in [-0.2, 0) is 4.79 Å². The van der Waals surface area contributed by atoms with Gasteiger partial charge in [0.2, 0.25) is 5.91 Å². The van der Waals surface area contributed by atoms with Crippen molar-refractivity contribution in [2.45, 2.75) is 12.8 Å². The summed E-state index contributed by atoms with van der Waals surface area (Å²) in [5.74, 6) is 0.0754. The first-order valence-corrected chi connectivity index (χ1v) is 6.00. The lowest BCUT2D eigenvalue weighted by Gasteiger charge is -2.04. The molecule has 1 aromatic rings. The van der Waals surface area contributed by atoms with Crippen LogP contribution in [0.5, 0.6) is 0 Å². The van der Waals surface area contributed by atoms with Crippen LogP contribution in [0.1, 0.15) is 12.8 Å². The Bertz CT molecular complexity index is 311. The number of carbonyl (C=O) groups excluding carboxylic acids is 1. The number of rotatable bonds is 5. The molecule has 0 radical (unpaired) electrons. The van der Waals surface area contributed by atoms with Crippen molar-refractivity contribution < 1.29 is 4.79 Å². The van der Waals surface area contributed by atoms with Crippen LogP contribution < -0.4 is 10.6 Å². The molecule has 0 aliphatic rings. The zero-order valence-electron chi connectivity index (χ0n) is 8.72. The van der Waals surface area contributed by atoms with Crippen LogP contribution in [0.25, 0.3) is 0 Å². The number of carbonyl (C=O) groups is 1. The van der Waals surface area contributed by atoms with Gasteiger partial charge in [0.15, 0.2) is 0 Å². The van der Waals surface area contributed by atoms with E-state index in [-0.39, 0.29) is 5.91 Å². The minimum Gasteiger partial charge on any atom is -0.326 e. The lowest BCUT2D eigenvalue weighted by atomic mass is 10.2. The molecule has 0 heterocycles. The molecule has 0 aliphatic carbocycles. The maximum Gasteiger partial charge on any atom is 0.224 e. The molecular weight excluding hydrogens is 303 g/mol. The topological polar surface area (TPSA) is 41.1 Å². The van der Waals surface area contributed by atoms with Crippen LogP contribution in [0.4, 0.5) is 5.69 Å². The molecule has 15 heavy (non-hydrogen) atoms. The summed E-state index contributed by atoms with van der Waals surface area (Å²) < 4.78 is 1.17. The van der Waals surface area contributed by atoms with Crippen molar-refractivity contribution in [2.75, 3.05) is 18.9 Å². The van der Waals surface area contributed by atoms with E-state index in [1.807, 2.05) is 31.3 Å². The SMILES string of the molecule is CNCCCC(=O)Nc1ccc(I)cc1. The van der Waals surface area contributed by atoms with Crippen molar-refractivity contribution in [1.82, 2.24) is 5.32 Å². The highest BCUT2D eigenvalue weighted by atomic mass is 127. The predicted octanol–water partition coefficient (Wildman–Crippen LogP) is 2.23. The van der Waals surface area contributed by atoms with E-state index in [2.05, 4.69) is 33.2 Å². The van der Waals surface area contributed by atoms with Crippen molar-refractivity contribution in [3.05, 3.63) is 27.8 Å². The predicted molar refractivity (Wildman–Crippen MR) is 70.9 cm³/mol. The normalized spacial score (nSPS) is 10.0. The summed E-state index contributed by atoms with van der Waals surface area (Å²) in [6, 6.07) is 7.78. The minimum absolute atomic E-state index is 0.0754. The first-order valence-electron chi connectivity index (χ1n) is 4.92. The van der Waals surface area contributed by atoms with Crippen molar-refractivity contribution >= 4 is 34.2 Å². The largest absolute Gasteiger partial charge is 0.326 e. The average molecular weight is 318 g/mol. The molecule has 3 nitrogen and oxygen atoms in total. The first kappa shape index (κ1) is 12.4. The number of halogens is 1. The van der Waals surface area contributed by atoms with Gasteiger partial charge in [-0.15, -0.1) is 0 Å². The third-order valence-corrected chi connectivity index (χ3v) is 2.68. The molecule has 82 valence electrons. The average Bonchev–Trinajstić information content (AvgIpc) is 2.22. The van der Waals surface area contributed by atoms with Gasteiger partial charge in [-0.05, 0) is 66.9 Å². The summed E-state index contributed by atoms with van der Waals surface area (Å²) in [5.41, 5.74) is 0.866. The smallest absolute Gasteiger partial charge is 0.224 e. The number of nitrogens with one attached hydrogen (secondary N) is 2. The van der Waals surface area contributed by atoms with E-state index in [9.17, 15) is 4.79 Å². The highest BCUT2D eigenvalue weighted by Gasteiger charge is 2.01. The summed E-state index contributed by atoms with van der Waals surface area (Å²) in [5, 5.41) is 5.87. The Balaban J connectivity index is 2.34. The Morgan fingerprint density at radius 1 is 1.33 bits per heavy atom. The zero-order chi connectivity index (χ0) is 11.1. The van der Waals surface area contributed by atoms with Gasteiger partial charge in [-0.1, -0.05) is 0 Å². The number of amides is 1. The van der Waals surface area contributed by atoms with E-state index in [1.54, 1.807) is 0 Å². The molecule has 1 rings (SSSR count). The monoisotopic (exact) mass is 318 g/mol. The molecule has 1 aromatic carbocycles. The van der Waals surface area contributed by atoms with Crippen molar-refractivity contribution in [3.8, 4) is 0 Å². The van der Waals surface area contributed by atoms with Crippen LogP contribution in [-0.4, -0.2) is 19.5 Å². The fraction of sp³-hybridized carbons (Fsp3) is 0.364. The molecule has 0 saturated heterocycles. The summed E-state index contributed by atoms with van der Waals surface area (Å²) >= 11 is 2.24. The van der Waals surface area contributed by atoms with Crippen molar-refractivity contribution in [1.29, 1.82) is 0 Å². The van der Waals surface area contributed by atoms with Gasteiger partial charge in [0.1, 0.15) is 0 Å². The fourth-order valence-corrected chi connectivity index (χ4v) is 1.54. The summed E-state index contributed by atoms with van der Waals surface area (Å²) in [4.78, 5) is 11.4. The highest BCUT2D eigenvalue weighted by molar-refractivity contribution is 14.1. The van der Waals surface area contributed by atoms with E-state index in [0.717, 1.165) is 18.7 Å². The van der Waals surface area contributed by atoms with Gasteiger partial charge in [-0.2, -0.15) is 0 Å². The third-order valence-electron chi connectivity index (χ3n) is 1.96. The zero-order valence-corrected chi connectivity index (χ0v) is 10.9. The lowest BCUT2D eigenvalue weighted by Crippen LogP contribution is -2.15. The van der Waals surface area contributed by atoms with Crippen LogP contribution >= 0.6 is 22.6 Å². The Kier molecular flexibility index (Phi) is 5.63. The van der Waals surface area contributed by atoms with Crippen molar-refractivity contribution in [2.24, 2.45) is 0 Å². The van der Waals surface area contributed by atoms with Gasteiger partial charge in [-0.25, -0.2) is 0 Å². The summed E-state index contributed by atoms with van der Waals surface area (Å²) in [7, 11) is 1.89. The molecule has 0 aromatic heterocycles. The summed E-state index contributed by atoms with van der Waals surface area (Å²) in [6.45, 7) is 0.875. The number of anilines is 1. The van der Waals surface area contributed by atoms with Crippen LogP contribution in [0.15, 0.2) is 24.3 Å². The fourth-order valence-electron chi connectivity index (χ4n) is 1.18. The van der Waals surface area contributed by atoms with E-state index < -0.39 is 0 Å². The number of benzene rings is 1. The lowest BCUT2D eigenvalue weighted by molar-refractivity contribution is -0.116. The van der Waals surface area contributed by atoms with Crippen LogP contribution in [0.2, 0.25) is 0 Å². The van der Waals surface area contributed by atoms with Gasteiger partial charge >= 0.3 is 0 Å². The van der Waals surface area contributed by atoms with Crippen LogP contribution in [0, 0.1) is 3.57 Å². The second-order valence-corrected chi connectivity index (χ2v) is 4.51. The first-order chi connectivity index (χ1) is 7.22. The molecule has 1 amide bonds. The molecule has 0 atom stereocenters. The van der Waals surface area contributed by atoms with Gasteiger partial charge in [-0.3, -0.25) is 4.79 Å². The molecule has 0 bridgehead atoms. The maximum absolute atomic E-state index is 11.4. The van der Waals surface area contributed by atoms with Crippen LogP contribution in [0.3, 0.4) is 0 Å². The van der Waals surface area contributed by atoms with Gasteiger partial charge in [0.05, 0.1) is 0 Å². The second-order valence-electron chi connectivity index (χ2n) is 3.26. The molecule has 0 saturated carbocycles. The molecular formula is C11H15IN2O. The van der Waals surface area contributed by atoms with Crippen molar-refractivity contribution in [3.63, 3.8) is 0 Å². The van der Waals surface area contributed by atoms with Gasteiger partial charge in [0.25, 0.3) is 0 Å². The van der Waals surface area contributed by atoms with E-state index in [1.165, 1.54) is 3.57 Å². The Labute approximate surface area is 104 Å². The standard InChI is InChI=1S/C11H15IN2O/c1-13-8-2-3-11(15)14-10-6-4-9(12)5-7-10/h4-7,13H,2-3,8H2,1H3,(H,14,15). The minimum atomic E-state index is 0.0754. The van der Waals surface area contributed by atoms with E-state index >= 15 is 0 Å². The molecule has 4 heteroatoms.